The van der Waals surface area contributed by atoms with Crippen LogP contribution < -0.4 is 9.64 Å². The number of methoxy groups -OCH3 is 1. The number of benzene rings is 2. The fourth-order valence-electron chi connectivity index (χ4n) is 3.16. The Bertz CT molecular complexity index is 691. The second-order valence-corrected chi connectivity index (χ2v) is 6.13. The summed E-state index contributed by atoms with van der Waals surface area (Å²) in [6, 6.07) is 14.3. The van der Waals surface area contributed by atoms with Crippen LogP contribution in [0, 0.1) is 6.92 Å². The lowest BCUT2D eigenvalue weighted by Gasteiger charge is -2.30. The SMILES string of the molecule is COc1ccc(CCC(=O)N2CCCc3cc(C)ccc32)cc1. The summed E-state index contributed by atoms with van der Waals surface area (Å²) in [4.78, 5) is 14.6. The summed E-state index contributed by atoms with van der Waals surface area (Å²) in [6.07, 6.45) is 3.42. The summed E-state index contributed by atoms with van der Waals surface area (Å²) >= 11 is 0. The van der Waals surface area contributed by atoms with Crippen LogP contribution in [0.1, 0.15) is 29.5 Å². The number of ether oxygens (including phenoxy) is 1. The number of amides is 1. The van der Waals surface area contributed by atoms with E-state index < -0.39 is 0 Å². The predicted octanol–water partition coefficient (Wildman–Crippen LogP) is 3.92. The van der Waals surface area contributed by atoms with E-state index in [4.69, 9.17) is 4.74 Å². The van der Waals surface area contributed by atoms with E-state index in [9.17, 15) is 4.79 Å². The lowest BCUT2D eigenvalue weighted by Crippen LogP contribution is -2.35. The summed E-state index contributed by atoms with van der Waals surface area (Å²) in [6.45, 7) is 2.93. The van der Waals surface area contributed by atoms with Crippen molar-refractivity contribution >= 4 is 11.6 Å². The molecular weight excluding hydrogens is 286 g/mol. The number of carbonyl (C=O) groups excluding carboxylic acids is 1. The minimum absolute atomic E-state index is 0.214. The maximum Gasteiger partial charge on any atom is 0.227 e. The van der Waals surface area contributed by atoms with Crippen molar-refractivity contribution in [3.05, 3.63) is 59.2 Å². The van der Waals surface area contributed by atoms with Crippen molar-refractivity contribution in [3.63, 3.8) is 0 Å². The average Bonchev–Trinajstić information content (AvgIpc) is 2.59. The summed E-state index contributed by atoms with van der Waals surface area (Å²) in [5, 5.41) is 0. The molecule has 1 aliphatic rings. The molecule has 3 rings (SSSR count). The maximum absolute atomic E-state index is 12.6. The first-order valence-electron chi connectivity index (χ1n) is 8.20. The van der Waals surface area contributed by atoms with Gasteiger partial charge in [0.2, 0.25) is 5.91 Å². The van der Waals surface area contributed by atoms with Crippen molar-refractivity contribution < 1.29 is 9.53 Å². The molecule has 3 heteroatoms. The summed E-state index contributed by atoms with van der Waals surface area (Å²) in [5.74, 6) is 1.06. The highest BCUT2D eigenvalue weighted by molar-refractivity contribution is 5.94. The van der Waals surface area contributed by atoms with Crippen molar-refractivity contribution in [2.24, 2.45) is 0 Å². The summed E-state index contributed by atoms with van der Waals surface area (Å²) < 4.78 is 5.16. The number of carbonyl (C=O) groups is 1. The third-order valence-corrected chi connectivity index (χ3v) is 4.44. The topological polar surface area (TPSA) is 29.5 Å². The monoisotopic (exact) mass is 309 g/mol. The minimum atomic E-state index is 0.214. The van der Waals surface area contributed by atoms with Crippen LogP contribution in [0.3, 0.4) is 0 Å². The summed E-state index contributed by atoms with van der Waals surface area (Å²) in [7, 11) is 1.66. The molecule has 0 N–H and O–H groups in total. The smallest absolute Gasteiger partial charge is 0.227 e. The van der Waals surface area contributed by atoms with Gasteiger partial charge in [-0.1, -0.05) is 29.8 Å². The Morgan fingerprint density at radius 1 is 1.17 bits per heavy atom. The fourth-order valence-corrected chi connectivity index (χ4v) is 3.16. The van der Waals surface area contributed by atoms with Crippen LogP contribution in [0.25, 0.3) is 0 Å². The standard InChI is InChI=1S/C20H23NO2/c1-15-5-11-19-17(14-15)4-3-13-21(19)20(22)12-8-16-6-9-18(23-2)10-7-16/h5-7,9-11,14H,3-4,8,12-13H2,1-2H3. The molecular formula is C20H23NO2. The van der Waals surface area contributed by atoms with Gasteiger partial charge in [-0.15, -0.1) is 0 Å². The first kappa shape index (κ1) is 15.6. The molecule has 0 aliphatic carbocycles. The molecule has 120 valence electrons. The number of anilines is 1. The zero-order valence-electron chi connectivity index (χ0n) is 13.8. The Morgan fingerprint density at radius 2 is 1.96 bits per heavy atom. The fraction of sp³-hybridized carbons (Fsp3) is 0.350. The van der Waals surface area contributed by atoms with Gasteiger partial charge in [-0.3, -0.25) is 4.79 Å². The van der Waals surface area contributed by atoms with Gasteiger partial charge in [0.25, 0.3) is 0 Å². The van der Waals surface area contributed by atoms with Crippen molar-refractivity contribution in [1.29, 1.82) is 0 Å². The Labute approximate surface area is 137 Å². The zero-order valence-corrected chi connectivity index (χ0v) is 13.8. The van der Waals surface area contributed by atoms with Crippen molar-refractivity contribution in [1.82, 2.24) is 0 Å². The molecule has 0 atom stereocenters. The minimum Gasteiger partial charge on any atom is -0.497 e. The molecule has 2 aromatic carbocycles. The number of nitrogens with zero attached hydrogens (tertiary/aromatic N) is 1. The summed E-state index contributed by atoms with van der Waals surface area (Å²) in [5.41, 5.74) is 4.83. The lowest BCUT2D eigenvalue weighted by molar-refractivity contribution is -0.118. The number of rotatable bonds is 4. The maximum atomic E-state index is 12.6. The lowest BCUT2D eigenvalue weighted by atomic mass is 9.99. The van der Waals surface area contributed by atoms with Crippen LogP contribution in [0.15, 0.2) is 42.5 Å². The van der Waals surface area contributed by atoms with E-state index in [1.165, 1.54) is 16.7 Å². The van der Waals surface area contributed by atoms with Crippen LogP contribution in [0.2, 0.25) is 0 Å². The molecule has 0 spiro atoms. The molecule has 0 bridgehead atoms. The molecule has 0 saturated carbocycles. The van der Waals surface area contributed by atoms with Gasteiger partial charge in [0.1, 0.15) is 5.75 Å². The molecule has 0 fully saturated rings. The van der Waals surface area contributed by atoms with E-state index in [1.54, 1.807) is 7.11 Å². The van der Waals surface area contributed by atoms with Crippen LogP contribution in [-0.2, 0) is 17.6 Å². The Hall–Kier alpha value is -2.29. The largest absolute Gasteiger partial charge is 0.497 e. The third kappa shape index (κ3) is 3.55. The highest BCUT2D eigenvalue weighted by atomic mass is 16.5. The van der Waals surface area contributed by atoms with E-state index >= 15 is 0 Å². The highest BCUT2D eigenvalue weighted by Crippen LogP contribution is 2.28. The Balaban J connectivity index is 1.67. The van der Waals surface area contributed by atoms with Gasteiger partial charge in [-0.2, -0.15) is 0 Å². The molecule has 0 unspecified atom stereocenters. The Kier molecular flexibility index (Phi) is 4.65. The van der Waals surface area contributed by atoms with Crippen molar-refractivity contribution in [2.75, 3.05) is 18.6 Å². The Morgan fingerprint density at radius 3 is 2.70 bits per heavy atom. The molecule has 1 heterocycles. The zero-order chi connectivity index (χ0) is 16.2. The molecule has 0 aromatic heterocycles. The second kappa shape index (κ2) is 6.86. The molecule has 0 saturated heterocycles. The third-order valence-electron chi connectivity index (χ3n) is 4.44. The molecule has 23 heavy (non-hydrogen) atoms. The molecule has 1 amide bonds. The van der Waals surface area contributed by atoms with E-state index in [0.29, 0.717) is 6.42 Å². The van der Waals surface area contributed by atoms with Crippen molar-refractivity contribution in [3.8, 4) is 5.75 Å². The van der Waals surface area contributed by atoms with Gasteiger partial charge in [0.05, 0.1) is 7.11 Å². The number of hydrogen-bond acceptors (Lipinski definition) is 2. The van der Waals surface area contributed by atoms with Gasteiger partial charge in [-0.05, 0) is 55.5 Å². The average molecular weight is 309 g/mol. The number of fused-ring (bicyclic) bond motifs is 1. The van der Waals surface area contributed by atoms with Gasteiger partial charge in [-0.25, -0.2) is 0 Å². The van der Waals surface area contributed by atoms with Crippen LogP contribution in [0.5, 0.6) is 5.75 Å². The quantitative estimate of drug-likeness (QED) is 0.857. The first-order valence-corrected chi connectivity index (χ1v) is 8.20. The normalized spacial score (nSPS) is 13.6. The highest BCUT2D eigenvalue weighted by Gasteiger charge is 2.22. The molecule has 1 aliphatic heterocycles. The van der Waals surface area contributed by atoms with Gasteiger partial charge < -0.3 is 9.64 Å². The molecule has 2 aromatic rings. The van der Waals surface area contributed by atoms with Gasteiger partial charge in [0.15, 0.2) is 0 Å². The number of aryl methyl sites for hydroxylation is 3. The van der Waals surface area contributed by atoms with Gasteiger partial charge in [0, 0.05) is 18.7 Å². The molecule has 3 nitrogen and oxygen atoms in total. The van der Waals surface area contributed by atoms with Crippen LogP contribution >= 0.6 is 0 Å². The van der Waals surface area contributed by atoms with Crippen molar-refractivity contribution in [2.45, 2.75) is 32.6 Å². The van der Waals surface area contributed by atoms with Crippen LogP contribution in [0.4, 0.5) is 5.69 Å². The van der Waals surface area contributed by atoms with Crippen LogP contribution in [-0.4, -0.2) is 19.6 Å². The predicted molar refractivity (Wildman–Crippen MR) is 93.2 cm³/mol. The first-order chi connectivity index (χ1) is 11.2. The van der Waals surface area contributed by atoms with E-state index in [1.807, 2.05) is 29.2 Å². The van der Waals surface area contributed by atoms with Gasteiger partial charge >= 0.3 is 0 Å². The molecule has 0 radical (unpaired) electrons. The number of hydrogen-bond donors (Lipinski definition) is 0. The van der Waals surface area contributed by atoms with E-state index in [-0.39, 0.29) is 5.91 Å². The van der Waals surface area contributed by atoms with E-state index in [2.05, 4.69) is 25.1 Å². The second-order valence-electron chi connectivity index (χ2n) is 6.13. The van der Waals surface area contributed by atoms with E-state index in [0.717, 1.165) is 37.2 Å².